The van der Waals surface area contributed by atoms with Gasteiger partial charge in [-0.05, 0) is 29.6 Å². The molecule has 0 atom stereocenters. The summed E-state index contributed by atoms with van der Waals surface area (Å²) in [6.07, 6.45) is 0. The number of hydrogen-bond acceptors (Lipinski definition) is 4. The summed E-state index contributed by atoms with van der Waals surface area (Å²) in [6.45, 7) is 0.770. The molecule has 3 N–H and O–H groups in total. The topological polar surface area (TPSA) is 61.8 Å². The van der Waals surface area contributed by atoms with Crippen molar-refractivity contribution >= 4 is 22.7 Å². The van der Waals surface area contributed by atoms with E-state index in [-0.39, 0.29) is 0 Å². The highest BCUT2D eigenvalue weighted by molar-refractivity contribution is 7.09. The zero-order chi connectivity index (χ0) is 11.4. The Morgan fingerprint density at radius 1 is 1.38 bits per heavy atom. The van der Waals surface area contributed by atoms with Crippen molar-refractivity contribution in [1.82, 2.24) is 0 Å². The second-order valence-electron chi connectivity index (χ2n) is 3.35. The number of thiophene rings is 1. The molecule has 0 bridgehead atoms. The van der Waals surface area contributed by atoms with E-state index in [0.717, 1.165) is 12.2 Å². The van der Waals surface area contributed by atoms with Crippen LogP contribution in [0.15, 0.2) is 35.7 Å². The third-order valence-corrected chi connectivity index (χ3v) is 3.10. The van der Waals surface area contributed by atoms with E-state index in [2.05, 4.69) is 17.5 Å². The first kappa shape index (κ1) is 10.5. The van der Waals surface area contributed by atoms with Gasteiger partial charge in [-0.2, -0.15) is 5.26 Å². The summed E-state index contributed by atoms with van der Waals surface area (Å²) >= 11 is 1.70. The zero-order valence-electron chi connectivity index (χ0n) is 8.60. The van der Waals surface area contributed by atoms with Gasteiger partial charge in [0.2, 0.25) is 0 Å². The van der Waals surface area contributed by atoms with Gasteiger partial charge in [0.25, 0.3) is 0 Å². The minimum Gasteiger partial charge on any atom is -0.398 e. The molecular weight excluding hydrogens is 218 g/mol. The highest BCUT2D eigenvalue weighted by Gasteiger charge is 2.00. The van der Waals surface area contributed by atoms with Crippen LogP contribution in [-0.4, -0.2) is 0 Å². The first-order chi connectivity index (χ1) is 7.79. The fraction of sp³-hybridized carbons (Fsp3) is 0.0833. The number of rotatable bonds is 3. The molecule has 2 aromatic rings. The van der Waals surface area contributed by atoms with E-state index in [4.69, 9.17) is 11.0 Å². The Kier molecular flexibility index (Phi) is 3.08. The van der Waals surface area contributed by atoms with Crippen molar-refractivity contribution in [3.05, 3.63) is 46.2 Å². The van der Waals surface area contributed by atoms with Crippen molar-refractivity contribution < 1.29 is 0 Å². The van der Waals surface area contributed by atoms with E-state index in [0.29, 0.717) is 11.3 Å². The van der Waals surface area contributed by atoms with Crippen LogP contribution in [0.3, 0.4) is 0 Å². The Balaban J connectivity index is 2.08. The van der Waals surface area contributed by atoms with Crippen molar-refractivity contribution in [2.24, 2.45) is 0 Å². The predicted molar refractivity (Wildman–Crippen MR) is 67.2 cm³/mol. The van der Waals surface area contributed by atoms with Crippen LogP contribution >= 0.6 is 11.3 Å². The summed E-state index contributed by atoms with van der Waals surface area (Å²) in [5.41, 5.74) is 7.59. The van der Waals surface area contributed by atoms with Gasteiger partial charge in [0.05, 0.1) is 5.56 Å². The van der Waals surface area contributed by atoms with Gasteiger partial charge in [-0.3, -0.25) is 0 Å². The highest BCUT2D eigenvalue weighted by atomic mass is 32.1. The summed E-state index contributed by atoms with van der Waals surface area (Å²) in [5, 5.41) is 14.1. The van der Waals surface area contributed by atoms with E-state index in [1.54, 1.807) is 23.5 Å². The summed E-state index contributed by atoms with van der Waals surface area (Å²) in [4.78, 5) is 1.26. The minimum absolute atomic E-state index is 0.510. The van der Waals surface area contributed by atoms with E-state index >= 15 is 0 Å². The average molecular weight is 229 g/mol. The lowest BCUT2D eigenvalue weighted by molar-refractivity contribution is 1.19. The fourth-order valence-electron chi connectivity index (χ4n) is 1.37. The molecule has 1 heterocycles. The lowest BCUT2D eigenvalue weighted by Gasteiger charge is -2.06. The smallest absolute Gasteiger partial charge is 0.101 e. The number of anilines is 2. The lowest BCUT2D eigenvalue weighted by atomic mass is 10.2. The van der Waals surface area contributed by atoms with Crippen LogP contribution in [0, 0.1) is 11.3 Å². The number of nitrogens with zero attached hydrogens (tertiary/aromatic N) is 1. The summed E-state index contributed by atoms with van der Waals surface area (Å²) in [5.74, 6) is 0. The first-order valence-corrected chi connectivity index (χ1v) is 5.73. The molecule has 0 saturated carbocycles. The van der Waals surface area contributed by atoms with Crippen LogP contribution in [0.1, 0.15) is 10.4 Å². The van der Waals surface area contributed by atoms with Crippen molar-refractivity contribution in [1.29, 1.82) is 5.26 Å². The average Bonchev–Trinajstić information content (AvgIpc) is 2.81. The molecule has 0 amide bonds. The number of hydrogen-bond donors (Lipinski definition) is 2. The predicted octanol–water partition coefficient (Wildman–Crippen LogP) is 2.81. The third kappa shape index (κ3) is 2.33. The molecule has 0 spiro atoms. The monoisotopic (exact) mass is 229 g/mol. The van der Waals surface area contributed by atoms with Crippen molar-refractivity contribution in [2.75, 3.05) is 11.1 Å². The van der Waals surface area contributed by atoms with Gasteiger partial charge < -0.3 is 11.1 Å². The molecule has 1 aromatic heterocycles. The highest BCUT2D eigenvalue weighted by Crippen LogP contribution is 2.18. The molecule has 80 valence electrons. The Morgan fingerprint density at radius 3 is 2.94 bits per heavy atom. The van der Waals surface area contributed by atoms with Crippen LogP contribution in [0.2, 0.25) is 0 Å². The largest absolute Gasteiger partial charge is 0.398 e. The summed E-state index contributed by atoms with van der Waals surface area (Å²) < 4.78 is 0. The molecule has 0 radical (unpaired) electrons. The quantitative estimate of drug-likeness (QED) is 0.795. The lowest BCUT2D eigenvalue weighted by Crippen LogP contribution is -1.99. The van der Waals surface area contributed by atoms with Gasteiger partial charge >= 0.3 is 0 Å². The van der Waals surface area contributed by atoms with Gasteiger partial charge in [0.15, 0.2) is 0 Å². The van der Waals surface area contributed by atoms with Crippen molar-refractivity contribution in [3.8, 4) is 6.07 Å². The van der Waals surface area contributed by atoms with Gasteiger partial charge in [0, 0.05) is 22.8 Å². The molecule has 0 saturated heterocycles. The van der Waals surface area contributed by atoms with Crippen LogP contribution in [0.4, 0.5) is 11.4 Å². The number of nitrogens with two attached hydrogens (primary N) is 1. The first-order valence-electron chi connectivity index (χ1n) is 4.85. The second kappa shape index (κ2) is 4.69. The van der Waals surface area contributed by atoms with E-state index in [1.807, 2.05) is 17.5 Å². The third-order valence-electron chi connectivity index (χ3n) is 2.22. The number of nitriles is 1. The Morgan fingerprint density at radius 2 is 2.25 bits per heavy atom. The fourth-order valence-corrected chi connectivity index (χ4v) is 2.01. The summed E-state index contributed by atoms with van der Waals surface area (Å²) in [7, 11) is 0. The van der Waals surface area contributed by atoms with Crippen LogP contribution in [0.25, 0.3) is 0 Å². The molecule has 0 unspecified atom stereocenters. The number of nitrogen functional groups attached to an aromatic ring is 1. The summed E-state index contributed by atoms with van der Waals surface area (Å²) in [6, 6.07) is 11.5. The van der Waals surface area contributed by atoms with Gasteiger partial charge in [0.1, 0.15) is 6.07 Å². The van der Waals surface area contributed by atoms with Crippen molar-refractivity contribution in [3.63, 3.8) is 0 Å². The van der Waals surface area contributed by atoms with Gasteiger partial charge in [-0.25, -0.2) is 0 Å². The standard InChI is InChI=1S/C12H11N3S/c13-7-9-6-10(3-4-12(9)14)15-8-11-2-1-5-16-11/h1-6,15H,8,14H2. The molecule has 16 heavy (non-hydrogen) atoms. The van der Waals surface area contributed by atoms with E-state index < -0.39 is 0 Å². The number of benzene rings is 1. The Bertz CT molecular complexity index is 512. The molecule has 1 aromatic carbocycles. The molecule has 0 aliphatic rings. The molecule has 0 fully saturated rings. The normalized spacial score (nSPS) is 9.69. The molecule has 2 rings (SSSR count). The SMILES string of the molecule is N#Cc1cc(NCc2cccs2)ccc1N. The minimum atomic E-state index is 0.510. The van der Waals surface area contributed by atoms with Gasteiger partial charge in [-0.15, -0.1) is 11.3 Å². The Labute approximate surface area is 98.1 Å². The molecular formula is C12H11N3S. The molecule has 3 nitrogen and oxygen atoms in total. The molecule has 4 heteroatoms. The van der Waals surface area contributed by atoms with Crippen molar-refractivity contribution in [2.45, 2.75) is 6.54 Å². The van der Waals surface area contributed by atoms with E-state index in [9.17, 15) is 0 Å². The Hall–Kier alpha value is -1.99. The maximum Gasteiger partial charge on any atom is 0.101 e. The zero-order valence-corrected chi connectivity index (χ0v) is 9.42. The van der Waals surface area contributed by atoms with Crippen LogP contribution < -0.4 is 11.1 Å². The maximum absolute atomic E-state index is 8.84. The molecule has 0 aliphatic carbocycles. The maximum atomic E-state index is 8.84. The van der Waals surface area contributed by atoms with Crippen LogP contribution in [-0.2, 0) is 6.54 Å². The second-order valence-corrected chi connectivity index (χ2v) is 4.38. The van der Waals surface area contributed by atoms with Crippen LogP contribution in [0.5, 0.6) is 0 Å². The van der Waals surface area contributed by atoms with Gasteiger partial charge in [-0.1, -0.05) is 6.07 Å². The van der Waals surface area contributed by atoms with E-state index in [1.165, 1.54) is 4.88 Å². The number of nitrogens with one attached hydrogen (secondary N) is 1. The molecule has 0 aliphatic heterocycles.